The largest absolute Gasteiger partial charge is 0.481 e. The molecule has 8 nitrogen and oxygen atoms in total. The summed E-state index contributed by atoms with van der Waals surface area (Å²) in [5.74, 6) is -1.32. The lowest BCUT2D eigenvalue weighted by atomic mass is 10.1. The second kappa shape index (κ2) is 9.61. The van der Waals surface area contributed by atoms with E-state index >= 15 is 0 Å². The molecule has 1 heterocycles. The Bertz CT molecular complexity index is 973. The number of hydrogen-bond donors (Lipinski definition) is 2. The Morgan fingerprint density at radius 2 is 1.42 bits per heavy atom. The lowest BCUT2D eigenvalue weighted by molar-refractivity contribution is -0.128. The molecule has 31 heavy (non-hydrogen) atoms. The van der Waals surface area contributed by atoms with Crippen molar-refractivity contribution in [3.63, 3.8) is 0 Å². The fourth-order valence-corrected chi connectivity index (χ4v) is 3.24. The molecule has 2 atom stereocenters. The van der Waals surface area contributed by atoms with Crippen LogP contribution < -0.4 is 15.4 Å². The van der Waals surface area contributed by atoms with Crippen LogP contribution in [-0.4, -0.2) is 53.8 Å². The van der Waals surface area contributed by atoms with Crippen LogP contribution in [0.2, 0.25) is 5.02 Å². The van der Waals surface area contributed by atoms with Gasteiger partial charge in [-0.1, -0.05) is 23.7 Å². The molecule has 0 aromatic heterocycles. The quantitative estimate of drug-likeness (QED) is 0.479. The first-order chi connectivity index (χ1) is 14.8. The molecule has 0 spiro atoms. The lowest BCUT2D eigenvalue weighted by Crippen LogP contribution is -2.49. The molecule has 1 aliphatic rings. The van der Waals surface area contributed by atoms with Gasteiger partial charge in [-0.05, 0) is 50.2 Å². The lowest BCUT2D eigenvalue weighted by Gasteiger charge is -2.22. The summed E-state index contributed by atoms with van der Waals surface area (Å²) in [5.41, 5.74) is 0.572. The van der Waals surface area contributed by atoms with Gasteiger partial charge < -0.3 is 15.4 Å². The molecule has 2 aromatic rings. The zero-order chi connectivity index (χ0) is 22.5. The van der Waals surface area contributed by atoms with E-state index in [-0.39, 0.29) is 30.1 Å². The van der Waals surface area contributed by atoms with Crippen LogP contribution in [-0.2, 0) is 9.59 Å². The molecule has 1 aliphatic heterocycles. The normalized spacial score (nSPS) is 14.6. The van der Waals surface area contributed by atoms with Crippen molar-refractivity contribution in [3.05, 3.63) is 64.7 Å². The number of benzene rings is 2. The Morgan fingerprint density at radius 3 is 1.97 bits per heavy atom. The maximum absolute atomic E-state index is 12.5. The Balaban J connectivity index is 1.44. The summed E-state index contributed by atoms with van der Waals surface area (Å²) < 4.78 is 5.53. The van der Waals surface area contributed by atoms with E-state index in [1.165, 1.54) is 6.92 Å². The van der Waals surface area contributed by atoms with Gasteiger partial charge in [0.15, 0.2) is 6.10 Å². The summed E-state index contributed by atoms with van der Waals surface area (Å²) >= 11 is 5.81. The molecule has 9 heteroatoms. The van der Waals surface area contributed by atoms with Crippen molar-refractivity contribution >= 4 is 35.2 Å². The summed E-state index contributed by atoms with van der Waals surface area (Å²) in [6.45, 7) is 3.38. The number of fused-ring (bicyclic) bond motifs is 1. The molecule has 0 saturated carbocycles. The third-order valence-electron chi connectivity index (χ3n) is 4.81. The molecule has 4 amide bonds. The van der Waals surface area contributed by atoms with Gasteiger partial charge in [0, 0.05) is 18.1 Å². The number of ether oxygens (including phenoxy) is 1. The van der Waals surface area contributed by atoms with Crippen LogP contribution in [0.1, 0.15) is 34.6 Å². The summed E-state index contributed by atoms with van der Waals surface area (Å²) in [4.78, 5) is 50.4. The highest BCUT2D eigenvalue weighted by atomic mass is 35.5. The average molecular weight is 444 g/mol. The second-order valence-corrected chi connectivity index (χ2v) is 7.43. The molecule has 0 radical (unpaired) electrons. The SMILES string of the molecule is CC(Oc1ccc(Cl)cc1)C(=O)NCCNC(=O)C(C)N1C(=O)c2ccccc2C1=O. The van der Waals surface area contributed by atoms with Gasteiger partial charge >= 0.3 is 0 Å². The van der Waals surface area contributed by atoms with Crippen molar-refractivity contribution in [3.8, 4) is 5.75 Å². The summed E-state index contributed by atoms with van der Waals surface area (Å²) in [6.07, 6.45) is -0.742. The van der Waals surface area contributed by atoms with Crippen molar-refractivity contribution in [2.75, 3.05) is 13.1 Å². The zero-order valence-corrected chi connectivity index (χ0v) is 17.8. The number of nitrogens with one attached hydrogen (secondary N) is 2. The predicted molar refractivity (Wildman–Crippen MR) is 114 cm³/mol. The molecule has 0 saturated heterocycles. The average Bonchev–Trinajstić information content (AvgIpc) is 3.02. The summed E-state index contributed by atoms with van der Waals surface area (Å²) in [6, 6.07) is 12.1. The van der Waals surface area contributed by atoms with Gasteiger partial charge in [-0.15, -0.1) is 0 Å². The Morgan fingerprint density at radius 1 is 0.903 bits per heavy atom. The molecule has 3 rings (SSSR count). The number of imide groups is 1. The van der Waals surface area contributed by atoms with Crippen molar-refractivity contribution in [2.45, 2.75) is 26.0 Å². The topological polar surface area (TPSA) is 105 Å². The van der Waals surface area contributed by atoms with Gasteiger partial charge in [0.05, 0.1) is 11.1 Å². The van der Waals surface area contributed by atoms with E-state index in [2.05, 4.69) is 10.6 Å². The van der Waals surface area contributed by atoms with Gasteiger partial charge in [-0.2, -0.15) is 0 Å². The van der Waals surface area contributed by atoms with Gasteiger partial charge in [-0.3, -0.25) is 24.1 Å². The maximum Gasteiger partial charge on any atom is 0.262 e. The first-order valence-electron chi connectivity index (χ1n) is 9.74. The summed E-state index contributed by atoms with van der Waals surface area (Å²) in [5, 5.41) is 5.84. The van der Waals surface area contributed by atoms with Gasteiger partial charge in [0.1, 0.15) is 11.8 Å². The Hall–Kier alpha value is -3.39. The smallest absolute Gasteiger partial charge is 0.262 e. The third kappa shape index (κ3) is 5.03. The third-order valence-corrected chi connectivity index (χ3v) is 5.06. The molecular weight excluding hydrogens is 422 g/mol. The monoisotopic (exact) mass is 443 g/mol. The van der Waals surface area contributed by atoms with E-state index in [0.29, 0.717) is 10.8 Å². The fourth-order valence-electron chi connectivity index (χ4n) is 3.11. The number of amides is 4. The first kappa shape index (κ1) is 22.3. The molecule has 2 unspecified atom stereocenters. The minimum Gasteiger partial charge on any atom is -0.481 e. The molecule has 2 aromatic carbocycles. The number of carbonyl (C=O) groups excluding carboxylic acids is 4. The molecule has 0 fully saturated rings. The zero-order valence-electron chi connectivity index (χ0n) is 17.1. The van der Waals surface area contributed by atoms with E-state index in [4.69, 9.17) is 16.3 Å². The number of hydrogen-bond acceptors (Lipinski definition) is 5. The van der Waals surface area contributed by atoms with Crippen LogP contribution in [0.4, 0.5) is 0 Å². The predicted octanol–water partition coefficient (Wildman–Crippen LogP) is 2.02. The Kier molecular flexibility index (Phi) is 6.91. The minimum atomic E-state index is -0.977. The number of nitrogens with zero attached hydrogens (tertiary/aromatic N) is 1. The van der Waals surface area contributed by atoms with Crippen LogP contribution in [0, 0.1) is 0 Å². The highest BCUT2D eigenvalue weighted by molar-refractivity contribution is 6.30. The van der Waals surface area contributed by atoms with Crippen LogP contribution in [0.3, 0.4) is 0 Å². The van der Waals surface area contributed by atoms with Crippen LogP contribution in [0.5, 0.6) is 5.75 Å². The van der Waals surface area contributed by atoms with E-state index < -0.39 is 29.9 Å². The molecule has 0 aliphatic carbocycles. The molecule has 2 N–H and O–H groups in total. The first-order valence-corrected chi connectivity index (χ1v) is 10.1. The van der Waals surface area contributed by atoms with Crippen molar-refractivity contribution in [1.29, 1.82) is 0 Å². The number of rotatable bonds is 8. The van der Waals surface area contributed by atoms with Crippen molar-refractivity contribution in [1.82, 2.24) is 15.5 Å². The van der Waals surface area contributed by atoms with E-state index in [0.717, 1.165) is 4.90 Å². The van der Waals surface area contributed by atoms with Crippen LogP contribution in [0.25, 0.3) is 0 Å². The highest BCUT2D eigenvalue weighted by Crippen LogP contribution is 2.24. The summed E-state index contributed by atoms with van der Waals surface area (Å²) in [7, 11) is 0. The van der Waals surface area contributed by atoms with Crippen molar-refractivity contribution in [2.24, 2.45) is 0 Å². The van der Waals surface area contributed by atoms with Gasteiger partial charge in [0.25, 0.3) is 17.7 Å². The van der Waals surface area contributed by atoms with E-state index in [1.807, 2.05) is 0 Å². The van der Waals surface area contributed by atoms with Gasteiger partial charge in [0.2, 0.25) is 5.91 Å². The number of halogens is 1. The van der Waals surface area contributed by atoms with E-state index in [1.54, 1.807) is 55.5 Å². The van der Waals surface area contributed by atoms with Gasteiger partial charge in [-0.25, -0.2) is 0 Å². The molecule has 162 valence electrons. The molecule has 0 bridgehead atoms. The number of carbonyl (C=O) groups is 4. The second-order valence-electron chi connectivity index (χ2n) is 7.00. The maximum atomic E-state index is 12.5. The fraction of sp³-hybridized carbons (Fsp3) is 0.273. The van der Waals surface area contributed by atoms with Crippen LogP contribution in [0.15, 0.2) is 48.5 Å². The highest BCUT2D eigenvalue weighted by Gasteiger charge is 2.40. The Labute approximate surface area is 184 Å². The van der Waals surface area contributed by atoms with E-state index in [9.17, 15) is 19.2 Å². The standard InChI is InChI=1S/C22H22ClN3O5/c1-13(26-21(29)17-5-3-4-6-18(17)22(26)30)19(27)24-11-12-25-20(28)14(2)31-16-9-7-15(23)8-10-16/h3-10,13-14H,11-12H2,1-2H3,(H,24,27)(H,25,28). The van der Waals surface area contributed by atoms with Crippen molar-refractivity contribution < 1.29 is 23.9 Å². The minimum absolute atomic E-state index is 0.131. The van der Waals surface area contributed by atoms with Crippen LogP contribution >= 0.6 is 11.6 Å². The molecular formula is C22H22ClN3O5.